The van der Waals surface area contributed by atoms with E-state index in [0.717, 1.165) is 5.56 Å². The van der Waals surface area contributed by atoms with Gasteiger partial charge < -0.3 is 9.72 Å². The van der Waals surface area contributed by atoms with Crippen LogP contribution in [0.3, 0.4) is 0 Å². The SMILES string of the molecule is Cc1nc2[nH]c(=O)c(C3CCOC(c4cnn(C)c4)C3)nc2c(=O)n1C. The number of H-pyrrole nitrogens is 1. The topological polar surface area (TPSA) is 108 Å². The maximum atomic E-state index is 12.6. The second-order valence-electron chi connectivity index (χ2n) is 6.70. The fraction of sp³-hybridized carbons (Fsp3) is 0.471. The van der Waals surface area contributed by atoms with Crippen LogP contribution in [0.2, 0.25) is 0 Å². The third-order valence-corrected chi connectivity index (χ3v) is 4.95. The van der Waals surface area contributed by atoms with Gasteiger partial charge in [0, 0.05) is 38.4 Å². The summed E-state index contributed by atoms with van der Waals surface area (Å²) in [6, 6.07) is 0. The molecule has 1 aliphatic heterocycles. The number of aromatic amines is 1. The minimum absolute atomic E-state index is 0.0897. The third-order valence-electron chi connectivity index (χ3n) is 4.95. The van der Waals surface area contributed by atoms with E-state index in [4.69, 9.17) is 4.74 Å². The summed E-state index contributed by atoms with van der Waals surface area (Å²) in [5.74, 6) is 0.434. The molecule has 1 fully saturated rings. The minimum atomic E-state index is -0.297. The Morgan fingerprint density at radius 1 is 1.27 bits per heavy atom. The summed E-state index contributed by atoms with van der Waals surface area (Å²) in [5.41, 5.74) is 1.21. The Labute approximate surface area is 148 Å². The Bertz CT molecular complexity index is 1100. The molecule has 2 atom stereocenters. The molecule has 1 N–H and O–H groups in total. The van der Waals surface area contributed by atoms with Crippen molar-refractivity contribution in [2.45, 2.75) is 31.8 Å². The molecule has 136 valence electrons. The monoisotopic (exact) mass is 356 g/mol. The molecular weight excluding hydrogens is 336 g/mol. The van der Waals surface area contributed by atoms with Crippen molar-refractivity contribution in [3.8, 4) is 0 Å². The Morgan fingerprint density at radius 3 is 2.81 bits per heavy atom. The lowest BCUT2D eigenvalue weighted by molar-refractivity contribution is 0.00443. The first-order valence-corrected chi connectivity index (χ1v) is 8.51. The fourth-order valence-electron chi connectivity index (χ4n) is 3.39. The van der Waals surface area contributed by atoms with Gasteiger partial charge in [0.1, 0.15) is 11.5 Å². The highest BCUT2D eigenvalue weighted by atomic mass is 16.5. The number of ether oxygens (including phenoxy) is 1. The molecule has 1 saturated heterocycles. The van der Waals surface area contributed by atoms with Crippen LogP contribution in [0.15, 0.2) is 22.0 Å². The largest absolute Gasteiger partial charge is 0.373 e. The summed E-state index contributed by atoms with van der Waals surface area (Å²) in [5, 5.41) is 4.18. The van der Waals surface area contributed by atoms with Crippen LogP contribution in [-0.2, 0) is 18.8 Å². The third kappa shape index (κ3) is 2.74. The molecule has 0 amide bonds. The fourth-order valence-corrected chi connectivity index (χ4v) is 3.39. The molecule has 1 aliphatic rings. The molecule has 0 aliphatic carbocycles. The van der Waals surface area contributed by atoms with Gasteiger partial charge in [-0.1, -0.05) is 0 Å². The number of fused-ring (bicyclic) bond motifs is 1. The zero-order chi connectivity index (χ0) is 18.4. The van der Waals surface area contributed by atoms with E-state index in [1.165, 1.54) is 4.57 Å². The maximum Gasteiger partial charge on any atom is 0.281 e. The average molecular weight is 356 g/mol. The number of rotatable bonds is 2. The van der Waals surface area contributed by atoms with Gasteiger partial charge in [-0.15, -0.1) is 0 Å². The second-order valence-corrected chi connectivity index (χ2v) is 6.70. The van der Waals surface area contributed by atoms with Crippen molar-refractivity contribution >= 4 is 11.2 Å². The van der Waals surface area contributed by atoms with Crippen LogP contribution >= 0.6 is 0 Å². The van der Waals surface area contributed by atoms with Gasteiger partial charge in [-0.2, -0.15) is 5.10 Å². The van der Waals surface area contributed by atoms with Crippen molar-refractivity contribution in [1.82, 2.24) is 29.3 Å². The van der Waals surface area contributed by atoms with Crippen molar-refractivity contribution in [1.29, 1.82) is 0 Å². The van der Waals surface area contributed by atoms with Gasteiger partial charge in [0.15, 0.2) is 11.2 Å². The zero-order valence-corrected chi connectivity index (χ0v) is 14.9. The normalized spacial score (nSPS) is 20.6. The summed E-state index contributed by atoms with van der Waals surface area (Å²) in [7, 11) is 3.49. The lowest BCUT2D eigenvalue weighted by Gasteiger charge is -2.28. The Hall–Kier alpha value is -2.81. The van der Waals surface area contributed by atoms with Gasteiger partial charge in [-0.05, 0) is 19.8 Å². The van der Waals surface area contributed by atoms with Crippen LogP contribution in [0.4, 0.5) is 0 Å². The van der Waals surface area contributed by atoms with E-state index in [1.807, 2.05) is 13.2 Å². The molecular formula is C17H20N6O3. The lowest BCUT2D eigenvalue weighted by Crippen LogP contribution is -2.29. The predicted octanol–water partition coefficient (Wildman–Crippen LogP) is 0.694. The quantitative estimate of drug-likeness (QED) is 0.724. The number of nitrogens with zero attached hydrogens (tertiary/aromatic N) is 5. The number of hydrogen-bond donors (Lipinski definition) is 1. The highest BCUT2D eigenvalue weighted by Gasteiger charge is 2.29. The Balaban J connectivity index is 1.75. The van der Waals surface area contributed by atoms with E-state index >= 15 is 0 Å². The van der Waals surface area contributed by atoms with Gasteiger partial charge in [0.05, 0.1) is 12.3 Å². The molecule has 4 rings (SSSR count). The Morgan fingerprint density at radius 2 is 2.08 bits per heavy atom. The van der Waals surface area contributed by atoms with Crippen LogP contribution in [0, 0.1) is 6.92 Å². The number of aromatic nitrogens is 6. The van der Waals surface area contributed by atoms with E-state index in [-0.39, 0.29) is 34.3 Å². The van der Waals surface area contributed by atoms with Crippen molar-refractivity contribution < 1.29 is 4.74 Å². The molecule has 3 aromatic heterocycles. The summed E-state index contributed by atoms with van der Waals surface area (Å²) < 4.78 is 9.00. The summed E-state index contributed by atoms with van der Waals surface area (Å²) in [6.07, 6.45) is 4.84. The molecule has 0 bridgehead atoms. The molecule has 9 nitrogen and oxygen atoms in total. The maximum absolute atomic E-state index is 12.6. The van der Waals surface area contributed by atoms with E-state index in [0.29, 0.717) is 31.0 Å². The van der Waals surface area contributed by atoms with Gasteiger partial charge in [-0.25, -0.2) is 9.97 Å². The molecule has 4 heterocycles. The van der Waals surface area contributed by atoms with E-state index < -0.39 is 0 Å². The highest BCUT2D eigenvalue weighted by Crippen LogP contribution is 2.35. The highest BCUT2D eigenvalue weighted by molar-refractivity contribution is 5.68. The van der Waals surface area contributed by atoms with Crippen molar-refractivity contribution in [3.63, 3.8) is 0 Å². The van der Waals surface area contributed by atoms with Crippen LogP contribution < -0.4 is 11.1 Å². The van der Waals surface area contributed by atoms with Gasteiger partial charge in [0.25, 0.3) is 11.1 Å². The number of hydrogen-bond acceptors (Lipinski definition) is 6. The van der Waals surface area contributed by atoms with Gasteiger partial charge in [0.2, 0.25) is 0 Å². The molecule has 0 spiro atoms. The summed E-state index contributed by atoms with van der Waals surface area (Å²) in [6.45, 7) is 2.23. The molecule has 0 aromatic carbocycles. The van der Waals surface area contributed by atoms with E-state index in [1.54, 1.807) is 24.9 Å². The van der Waals surface area contributed by atoms with Crippen molar-refractivity contribution in [3.05, 3.63) is 50.2 Å². The average Bonchev–Trinajstić information content (AvgIpc) is 3.06. The van der Waals surface area contributed by atoms with Crippen LogP contribution in [0.5, 0.6) is 0 Å². The first-order valence-electron chi connectivity index (χ1n) is 8.51. The molecule has 0 radical (unpaired) electrons. The lowest BCUT2D eigenvalue weighted by atomic mass is 9.90. The Kier molecular flexibility index (Phi) is 3.95. The zero-order valence-electron chi connectivity index (χ0n) is 14.9. The summed E-state index contributed by atoms with van der Waals surface area (Å²) in [4.78, 5) is 36.4. The van der Waals surface area contributed by atoms with Crippen LogP contribution in [-0.4, -0.2) is 35.9 Å². The van der Waals surface area contributed by atoms with Crippen LogP contribution in [0.25, 0.3) is 11.2 Å². The molecule has 2 unspecified atom stereocenters. The first-order chi connectivity index (χ1) is 12.4. The molecule has 9 heteroatoms. The van der Waals surface area contributed by atoms with Gasteiger partial charge in [-0.3, -0.25) is 18.8 Å². The molecule has 3 aromatic rings. The second kappa shape index (κ2) is 6.17. The minimum Gasteiger partial charge on any atom is -0.373 e. The smallest absolute Gasteiger partial charge is 0.281 e. The number of nitrogens with one attached hydrogen (secondary N) is 1. The van der Waals surface area contributed by atoms with E-state index in [2.05, 4.69) is 20.1 Å². The van der Waals surface area contributed by atoms with Crippen molar-refractivity contribution in [2.75, 3.05) is 6.61 Å². The predicted molar refractivity (Wildman–Crippen MR) is 94.0 cm³/mol. The van der Waals surface area contributed by atoms with Gasteiger partial charge >= 0.3 is 0 Å². The summed E-state index contributed by atoms with van der Waals surface area (Å²) >= 11 is 0. The standard InChI is InChI=1S/C17H20N6O3/c1-9-19-15-14(17(25)23(9)3)20-13(16(24)21-15)10-4-5-26-12(6-10)11-7-18-22(2)8-11/h7-8,10,12H,4-6H2,1-3H3,(H,21,24). The number of aryl methyl sites for hydroxylation is 2. The molecule has 26 heavy (non-hydrogen) atoms. The molecule has 0 saturated carbocycles. The van der Waals surface area contributed by atoms with Crippen LogP contribution in [0.1, 0.15) is 41.9 Å². The first kappa shape index (κ1) is 16.6. The van der Waals surface area contributed by atoms with Crippen molar-refractivity contribution in [2.24, 2.45) is 14.1 Å². The van der Waals surface area contributed by atoms with E-state index in [9.17, 15) is 9.59 Å².